The number of anilines is 1. The van der Waals surface area contributed by atoms with Crippen LogP contribution in [0.15, 0.2) is 42.6 Å². The minimum absolute atomic E-state index is 0.256. The lowest BCUT2D eigenvalue weighted by Gasteiger charge is -2.06. The van der Waals surface area contributed by atoms with Crippen molar-refractivity contribution in [2.45, 2.75) is 26.8 Å². The van der Waals surface area contributed by atoms with Gasteiger partial charge in [0.15, 0.2) is 0 Å². The highest BCUT2D eigenvalue weighted by Gasteiger charge is 2.04. The Labute approximate surface area is 134 Å². The van der Waals surface area contributed by atoms with Gasteiger partial charge >= 0.3 is 0 Å². The van der Waals surface area contributed by atoms with Gasteiger partial charge in [-0.3, -0.25) is 0 Å². The van der Waals surface area contributed by atoms with Gasteiger partial charge in [0.1, 0.15) is 17.5 Å². The highest BCUT2D eigenvalue weighted by Crippen LogP contribution is 2.11. The predicted octanol–water partition coefficient (Wildman–Crippen LogP) is 3.28. The Morgan fingerprint density at radius 3 is 2.61 bits per heavy atom. The maximum atomic E-state index is 13.0. The molecular weight excluding hydrogens is 293 g/mol. The second kappa shape index (κ2) is 6.56. The first kappa shape index (κ1) is 15.1. The van der Waals surface area contributed by atoms with Crippen molar-refractivity contribution in [3.63, 3.8) is 0 Å². The van der Waals surface area contributed by atoms with Gasteiger partial charge in [0.05, 0.1) is 17.9 Å². The number of benzene rings is 1. The van der Waals surface area contributed by atoms with Crippen LogP contribution < -0.4 is 5.32 Å². The number of halogens is 1. The number of nitrogens with zero attached hydrogens (tertiary/aromatic N) is 4. The number of hydrogen-bond donors (Lipinski definition) is 1. The Bertz CT molecular complexity index is 795. The zero-order valence-electron chi connectivity index (χ0n) is 13.1. The average Bonchev–Trinajstić information content (AvgIpc) is 3.02. The van der Waals surface area contributed by atoms with Crippen LogP contribution >= 0.6 is 0 Å². The third kappa shape index (κ3) is 3.71. The number of aromatic nitrogens is 4. The zero-order chi connectivity index (χ0) is 16.2. The smallest absolute Gasteiger partial charge is 0.130 e. The lowest BCUT2D eigenvalue weighted by molar-refractivity contribution is 0.627. The molecule has 0 aliphatic heterocycles. The first-order valence-electron chi connectivity index (χ1n) is 7.53. The molecule has 1 N–H and O–H groups in total. The van der Waals surface area contributed by atoms with Gasteiger partial charge in [0.2, 0.25) is 0 Å². The summed E-state index contributed by atoms with van der Waals surface area (Å²) in [6.07, 6.45) is 2.73. The highest BCUT2D eigenvalue weighted by molar-refractivity contribution is 5.37. The van der Waals surface area contributed by atoms with Crippen molar-refractivity contribution in [3.8, 4) is 5.69 Å². The van der Waals surface area contributed by atoms with Crippen LogP contribution in [0.4, 0.5) is 10.2 Å². The monoisotopic (exact) mass is 311 g/mol. The normalized spacial score (nSPS) is 10.7. The van der Waals surface area contributed by atoms with Crippen LogP contribution in [0.5, 0.6) is 0 Å². The van der Waals surface area contributed by atoms with E-state index < -0.39 is 0 Å². The number of aryl methyl sites for hydroxylation is 2. The van der Waals surface area contributed by atoms with Gasteiger partial charge in [-0.1, -0.05) is 6.92 Å². The first-order valence-corrected chi connectivity index (χ1v) is 7.53. The Kier molecular flexibility index (Phi) is 4.32. The van der Waals surface area contributed by atoms with Crippen LogP contribution in [0.2, 0.25) is 0 Å². The molecule has 0 amide bonds. The molecule has 3 rings (SSSR count). The number of hydrogen-bond acceptors (Lipinski definition) is 4. The molecule has 0 bridgehead atoms. The van der Waals surface area contributed by atoms with Crippen LogP contribution in [0, 0.1) is 12.7 Å². The van der Waals surface area contributed by atoms with E-state index in [-0.39, 0.29) is 5.82 Å². The molecule has 3 aromatic rings. The van der Waals surface area contributed by atoms with Crippen molar-refractivity contribution >= 4 is 5.82 Å². The van der Waals surface area contributed by atoms with Gasteiger partial charge in [-0.25, -0.2) is 19.0 Å². The molecule has 1 aromatic carbocycles. The SMILES string of the molecule is CCc1cc(NCc2ccn(-c3ccc(F)cc3)n2)nc(C)n1. The van der Waals surface area contributed by atoms with Gasteiger partial charge in [-0.2, -0.15) is 5.10 Å². The van der Waals surface area contributed by atoms with Gasteiger partial charge < -0.3 is 5.32 Å². The van der Waals surface area contributed by atoms with Crippen molar-refractivity contribution in [2.24, 2.45) is 0 Å². The Hall–Kier alpha value is -2.76. The standard InChI is InChI=1S/C17H18FN5/c1-3-14-10-17(21-12(2)20-14)19-11-15-8-9-23(22-15)16-6-4-13(18)5-7-16/h4-10H,3,11H2,1-2H3,(H,19,20,21). The summed E-state index contributed by atoms with van der Waals surface area (Å²) in [7, 11) is 0. The van der Waals surface area contributed by atoms with Crippen molar-refractivity contribution in [1.29, 1.82) is 0 Å². The van der Waals surface area contributed by atoms with Crippen LogP contribution in [0.1, 0.15) is 24.1 Å². The van der Waals surface area contributed by atoms with Crippen LogP contribution in [0.25, 0.3) is 5.69 Å². The number of rotatable bonds is 5. The minimum atomic E-state index is -0.256. The predicted molar refractivity (Wildman–Crippen MR) is 87.0 cm³/mol. The molecule has 0 saturated heterocycles. The van der Waals surface area contributed by atoms with Crippen LogP contribution in [0.3, 0.4) is 0 Å². The van der Waals surface area contributed by atoms with Gasteiger partial charge in [-0.15, -0.1) is 0 Å². The number of nitrogens with one attached hydrogen (secondary N) is 1. The third-order valence-corrected chi connectivity index (χ3v) is 3.44. The Morgan fingerprint density at radius 1 is 1.09 bits per heavy atom. The second-order valence-electron chi connectivity index (χ2n) is 5.23. The van der Waals surface area contributed by atoms with E-state index in [9.17, 15) is 4.39 Å². The van der Waals surface area contributed by atoms with Gasteiger partial charge in [0.25, 0.3) is 0 Å². The van der Waals surface area contributed by atoms with Crippen molar-refractivity contribution in [2.75, 3.05) is 5.32 Å². The zero-order valence-corrected chi connectivity index (χ0v) is 13.1. The summed E-state index contributed by atoms with van der Waals surface area (Å²) in [6.45, 7) is 4.51. The van der Waals surface area contributed by atoms with Crippen LogP contribution in [-0.2, 0) is 13.0 Å². The fraction of sp³-hybridized carbons (Fsp3) is 0.235. The minimum Gasteiger partial charge on any atom is -0.364 e. The van der Waals surface area contributed by atoms with Crippen molar-refractivity contribution in [1.82, 2.24) is 19.7 Å². The van der Waals surface area contributed by atoms with E-state index in [2.05, 4.69) is 27.3 Å². The lowest BCUT2D eigenvalue weighted by Crippen LogP contribution is -2.06. The molecule has 0 spiro atoms. The topological polar surface area (TPSA) is 55.6 Å². The molecule has 2 aromatic heterocycles. The fourth-order valence-electron chi connectivity index (χ4n) is 2.28. The first-order chi connectivity index (χ1) is 11.1. The molecule has 6 heteroatoms. The maximum Gasteiger partial charge on any atom is 0.130 e. The summed E-state index contributed by atoms with van der Waals surface area (Å²) in [5.74, 6) is 1.29. The molecular formula is C17H18FN5. The van der Waals surface area contributed by atoms with E-state index in [1.165, 1.54) is 12.1 Å². The molecule has 0 aliphatic carbocycles. The van der Waals surface area contributed by atoms with E-state index in [1.807, 2.05) is 25.3 Å². The third-order valence-electron chi connectivity index (χ3n) is 3.44. The molecule has 5 nitrogen and oxygen atoms in total. The molecule has 0 aliphatic rings. The second-order valence-corrected chi connectivity index (χ2v) is 5.23. The highest BCUT2D eigenvalue weighted by atomic mass is 19.1. The van der Waals surface area contributed by atoms with Crippen molar-refractivity contribution in [3.05, 3.63) is 65.6 Å². The Morgan fingerprint density at radius 2 is 1.87 bits per heavy atom. The maximum absolute atomic E-state index is 13.0. The summed E-state index contributed by atoms with van der Waals surface area (Å²) in [5, 5.41) is 7.74. The van der Waals surface area contributed by atoms with E-state index in [0.717, 1.165) is 35.1 Å². The van der Waals surface area contributed by atoms with Crippen molar-refractivity contribution < 1.29 is 4.39 Å². The summed E-state index contributed by atoms with van der Waals surface area (Å²) in [4.78, 5) is 8.73. The van der Waals surface area contributed by atoms with E-state index in [4.69, 9.17) is 0 Å². The summed E-state index contributed by atoms with van der Waals surface area (Å²) < 4.78 is 14.7. The van der Waals surface area contributed by atoms with E-state index >= 15 is 0 Å². The molecule has 2 heterocycles. The van der Waals surface area contributed by atoms with Gasteiger partial charge in [0, 0.05) is 18.0 Å². The average molecular weight is 311 g/mol. The molecule has 0 saturated carbocycles. The fourth-order valence-corrected chi connectivity index (χ4v) is 2.28. The van der Waals surface area contributed by atoms with Crippen LogP contribution in [-0.4, -0.2) is 19.7 Å². The lowest BCUT2D eigenvalue weighted by atomic mass is 10.3. The summed E-state index contributed by atoms with van der Waals surface area (Å²) in [6, 6.07) is 10.1. The van der Waals surface area contributed by atoms with Gasteiger partial charge in [-0.05, 0) is 43.7 Å². The summed E-state index contributed by atoms with van der Waals surface area (Å²) >= 11 is 0. The quantitative estimate of drug-likeness (QED) is 0.785. The molecule has 0 fully saturated rings. The molecule has 0 unspecified atom stereocenters. The van der Waals surface area contributed by atoms with E-state index in [1.54, 1.807) is 16.8 Å². The molecule has 0 atom stereocenters. The molecule has 118 valence electrons. The Balaban J connectivity index is 1.70. The van der Waals surface area contributed by atoms with E-state index in [0.29, 0.717) is 6.54 Å². The molecule has 0 radical (unpaired) electrons. The largest absolute Gasteiger partial charge is 0.364 e. The molecule has 23 heavy (non-hydrogen) atoms. The summed E-state index contributed by atoms with van der Waals surface area (Å²) in [5.41, 5.74) is 2.71.